The molecule has 1 aromatic rings. The van der Waals surface area contributed by atoms with E-state index >= 15 is 0 Å². The van der Waals surface area contributed by atoms with E-state index < -0.39 is 41.3 Å². The van der Waals surface area contributed by atoms with Crippen molar-refractivity contribution in [3.05, 3.63) is 23.0 Å². The first-order chi connectivity index (χ1) is 8.18. The number of methoxy groups -OCH3 is 1. The number of pyridine rings is 1. The van der Waals surface area contributed by atoms with E-state index in [1.807, 2.05) is 0 Å². The lowest BCUT2D eigenvalue weighted by molar-refractivity contribution is -0.142. The van der Waals surface area contributed by atoms with Gasteiger partial charge in [0.2, 0.25) is 0 Å². The van der Waals surface area contributed by atoms with Crippen molar-refractivity contribution in [2.75, 3.05) is 7.11 Å². The zero-order valence-corrected chi connectivity index (χ0v) is 8.76. The molecule has 0 saturated carbocycles. The summed E-state index contributed by atoms with van der Waals surface area (Å²) in [6.45, 7) is 0. The Labute approximate surface area is 97.0 Å². The molecule has 9 heteroatoms. The Morgan fingerprint density at radius 3 is 2.33 bits per heavy atom. The number of carbonyl (C=O) groups is 1. The molecular formula is C9H6F5NO3. The molecule has 0 aliphatic rings. The summed E-state index contributed by atoms with van der Waals surface area (Å²) in [7, 11) is 0.847. The average Bonchev–Trinajstić information content (AvgIpc) is 2.25. The lowest BCUT2D eigenvalue weighted by atomic mass is 10.1. The summed E-state index contributed by atoms with van der Waals surface area (Å²) in [6, 6.07) is 0.375. The quantitative estimate of drug-likeness (QED) is 0.859. The van der Waals surface area contributed by atoms with Gasteiger partial charge in [0, 0.05) is 0 Å². The number of ether oxygens (including phenoxy) is 1. The van der Waals surface area contributed by atoms with Gasteiger partial charge in [-0.05, 0) is 6.07 Å². The van der Waals surface area contributed by atoms with Crippen LogP contribution in [-0.4, -0.2) is 23.2 Å². The molecule has 0 fully saturated rings. The monoisotopic (exact) mass is 271 g/mol. The molecule has 0 radical (unpaired) electrons. The van der Waals surface area contributed by atoms with Crippen LogP contribution in [0.25, 0.3) is 0 Å². The fourth-order valence-electron chi connectivity index (χ4n) is 1.21. The minimum Gasteiger partial charge on any atom is -0.494 e. The molecule has 0 atom stereocenters. The highest BCUT2D eigenvalue weighted by Gasteiger charge is 2.39. The summed E-state index contributed by atoms with van der Waals surface area (Å²) in [5.74, 6) is -2.74. The smallest absolute Gasteiger partial charge is 0.437 e. The Balaban J connectivity index is 3.57. The van der Waals surface area contributed by atoms with Crippen molar-refractivity contribution < 1.29 is 36.6 Å². The number of rotatable bonds is 3. The van der Waals surface area contributed by atoms with Crippen LogP contribution in [0.2, 0.25) is 0 Å². The van der Waals surface area contributed by atoms with Gasteiger partial charge in [-0.25, -0.2) is 18.6 Å². The largest absolute Gasteiger partial charge is 0.494 e. The molecular weight excluding hydrogens is 265 g/mol. The summed E-state index contributed by atoms with van der Waals surface area (Å²) < 4.78 is 66.7. The Morgan fingerprint density at radius 1 is 1.44 bits per heavy atom. The van der Waals surface area contributed by atoms with E-state index in [1.54, 1.807) is 0 Å². The first-order valence-electron chi connectivity index (χ1n) is 4.36. The molecule has 0 spiro atoms. The second-order valence-corrected chi connectivity index (χ2v) is 3.08. The minimum absolute atomic E-state index is 0.375. The van der Waals surface area contributed by atoms with Crippen LogP contribution in [0.3, 0.4) is 0 Å². The normalized spacial score (nSPS) is 11.7. The molecule has 18 heavy (non-hydrogen) atoms. The number of halogens is 5. The highest BCUT2D eigenvalue weighted by molar-refractivity contribution is 5.89. The zero-order valence-electron chi connectivity index (χ0n) is 8.76. The first-order valence-corrected chi connectivity index (χ1v) is 4.36. The molecule has 0 aliphatic carbocycles. The second-order valence-electron chi connectivity index (χ2n) is 3.08. The number of aromatic nitrogens is 1. The maximum Gasteiger partial charge on any atom is 0.437 e. The summed E-state index contributed by atoms with van der Waals surface area (Å²) in [5.41, 5.74) is -4.17. The highest BCUT2D eigenvalue weighted by atomic mass is 19.4. The predicted octanol–water partition coefficient (Wildman–Crippen LogP) is 2.74. The topological polar surface area (TPSA) is 59.4 Å². The van der Waals surface area contributed by atoms with Gasteiger partial charge < -0.3 is 9.84 Å². The number of carboxylic acid groups (broad SMARTS) is 1. The van der Waals surface area contributed by atoms with Crippen molar-refractivity contribution in [1.29, 1.82) is 0 Å². The van der Waals surface area contributed by atoms with Gasteiger partial charge in [-0.15, -0.1) is 0 Å². The molecule has 1 aromatic heterocycles. The third kappa shape index (κ3) is 2.66. The van der Waals surface area contributed by atoms with E-state index in [0.717, 1.165) is 7.11 Å². The van der Waals surface area contributed by atoms with Crippen LogP contribution in [-0.2, 0) is 6.18 Å². The summed E-state index contributed by atoms with van der Waals surface area (Å²) in [4.78, 5) is 13.3. The number of aromatic carboxylic acids is 1. The van der Waals surface area contributed by atoms with Crippen LogP contribution in [0.5, 0.6) is 5.75 Å². The number of alkyl halides is 5. The van der Waals surface area contributed by atoms with Crippen molar-refractivity contribution in [3.63, 3.8) is 0 Å². The molecule has 0 saturated heterocycles. The fraction of sp³-hybridized carbons (Fsp3) is 0.333. The van der Waals surface area contributed by atoms with E-state index in [9.17, 15) is 26.7 Å². The summed E-state index contributed by atoms with van der Waals surface area (Å²) in [6.07, 6.45) is -8.46. The lowest BCUT2D eigenvalue weighted by Gasteiger charge is -2.14. The predicted molar refractivity (Wildman–Crippen MR) is 47.7 cm³/mol. The van der Waals surface area contributed by atoms with Gasteiger partial charge in [-0.2, -0.15) is 13.2 Å². The fourth-order valence-corrected chi connectivity index (χ4v) is 1.21. The van der Waals surface area contributed by atoms with Crippen LogP contribution in [0, 0.1) is 0 Å². The van der Waals surface area contributed by atoms with Gasteiger partial charge in [0.1, 0.15) is 5.69 Å². The number of nitrogens with zero attached hydrogens (tertiary/aromatic N) is 1. The molecule has 0 unspecified atom stereocenters. The molecule has 0 amide bonds. The third-order valence-corrected chi connectivity index (χ3v) is 1.94. The van der Waals surface area contributed by atoms with Gasteiger partial charge in [0.05, 0.1) is 12.7 Å². The van der Waals surface area contributed by atoms with E-state index in [-0.39, 0.29) is 0 Å². The molecule has 0 bridgehead atoms. The average molecular weight is 271 g/mol. The van der Waals surface area contributed by atoms with Crippen molar-refractivity contribution in [1.82, 2.24) is 4.98 Å². The Hall–Kier alpha value is -1.93. The van der Waals surface area contributed by atoms with Crippen LogP contribution in [0.15, 0.2) is 6.07 Å². The molecule has 0 aromatic carbocycles. The van der Waals surface area contributed by atoms with Gasteiger partial charge in [0.25, 0.3) is 6.43 Å². The van der Waals surface area contributed by atoms with Crippen molar-refractivity contribution in [2.24, 2.45) is 0 Å². The molecule has 1 rings (SSSR count). The number of carboxylic acids is 1. The van der Waals surface area contributed by atoms with Gasteiger partial charge >= 0.3 is 12.1 Å². The van der Waals surface area contributed by atoms with E-state index in [4.69, 9.17) is 5.11 Å². The van der Waals surface area contributed by atoms with Gasteiger partial charge in [-0.3, -0.25) is 0 Å². The first kappa shape index (κ1) is 14.1. The number of hydrogen-bond acceptors (Lipinski definition) is 3. The SMILES string of the molecule is COc1cc(C(=O)O)c(C(F)F)nc1C(F)(F)F. The standard InChI is InChI=1S/C9H6F5NO3/c1-18-4-2-3(8(16)17)5(7(10)11)15-6(4)9(12,13)14/h2,7H,1H3,(H,16,17). The van der Waals surface area contributed by atoms with Crippen LogP contribution in [0.4, 0.5) is 22.0 Å². The van der Waals surface area contributed by atoms with E-state index in [1.165, 1.54) is 0 Å². The molecule has 100 valence electrons. The van der Waals surface area contributed by atoms with Crippen LogP contribution in [0.1, 0.15) is 28.2 Å². The lowest BCUT2D eigenvalue weighted by Crippen LogP contribution is -2.15. The minimum atomic E-state index is -5.02. The molecule has 1 heterocycles. The van der Waals surface area contributed by atoms with Gasteiger partial charge in [0.15, 0.2) is 11.4 Å². The van der Waals surface area contributed by atoms with Crippen molar-refractivity contribution in [2.45, 2.75) is 12.6 Å². The second kappa shape index (κ2) is 4.75. The van der Waals surface area contributed by atoms with Crippen molar-refractivity contribution in [3.8, 4) is 5.75 Å². The van der Waals surface area contributed by atoms with E-state index in [0.29, 0.717) is 6.07 Å². The van der Waals surface area contributed by atoms with Crippen molar-refractivity contribution >= 4 is 5.97 Å². The zero-order chi connectivity index (χ0) is 14.1. The molecule has 1 N–H and O–H groups in total. The van der Waals surface area contributed by atoms with Gasteiger partial charge in [-0.1, -0.05) is 0 Å². The third-order valence-electron chi connectivity index (χ3n) is 1.94. The Bertz CT molecular complexity index is 472. The highest BCUT2D eigenvalue weighted by Crippen LogP contribution is 2.37. The Morgan fingerprint density at radius 2 is 2.00 bits per heavy atom. The van der Waals surface area contributed by atoms with Crippen LogP contribution >= 0.6 is 0 Å². The molecule has 4 nitrogen and oxygen atoms in total. The van der Waals surface area contributed by atoms with Crippen LogP contribution < -0.4 is 4.74 Å². The maximum absolute atomic E-state index is 12.5. The summed E-state index contributed by atoms with van der Waals surface area (Å²) in [5, 5.41) is 8.62. The Kier molecular flexibility index (Phi) is 3.73. The molecule has 0 aliphatic heterocycles. The van der Waals surface area contributed by atoms with E-state index in [2.05, 4.69) is 9.72 Å². The maximum atomic E-state index is 12.5. The number of hydrogen-bond donors (Lipinski definition) is 1. The summed E-state index contributed by atoms with van der Waals surface area (Å²) >= 11 is 0.